The minimum absolute atomic E-state index is 0.0664. The van der Waals surface area contributed by atoms with E-state index in [1.165, 1.54) is 0 Å². The highest BCUT2D eigenvalue weighted by molar-refractivity contribution is 6.43. The standard InChI is InChI=1S/C10H7Cl2NO/c11-5-1-2-6-7(8(5)12)10(3-4-10)9(14)13-6/h1-2H,3-4H2,(H,13,14). The average molecular weight is 228 g/mol. The molecule has 2 aliphatic rings. The predicted octanol–water partition coefficient (Wildman–Crippen LogP) is 2.98. The third-order valence-electron chi connectivity index (χ3n) is 3.01. The summed E-state index contributed by atoms with van der Waals surface area (Å²) in [6.07, 6.45) is 1.76. The molecule has 0 bridgehead atoms. The Balaban J connectivity index is 2.31. The van der Waals surface area contributed by atoms with E-state index in [-0.39, 0.29) is 11.3 Å². The summed E-state index contributed by atoms with van der Waals surface area (Å²) >= 11 is 12.0. The molecule has 0 unspecified atom stereocenters. The van der Waals surface area contributed by atoms with E-state index < -0.39 is 0 Å². The molecule has 0 atom stereocenters. The molecular formula is C10H7Cl2NO. The molecule has 0 saturated heterocycles. The van der Waals surface area contributed by atoms with Gasteiger partial charge in [-0.3, -0.25) is 4.79 Å². The topological polar surface area (TPSA) is 29.1 Å². The number of anilines is 1. The molecule has 1 heterocycles. The molecule has 1 aromatic carbocycles. The highest BCUT2D eigenvalue weighted by atomic mass is 35.5. The molecule has 1 aliphatic heterocycles. The Kier molecular flexibility index (Phi) is 1.49. The molecule has 0 aromatic heterocycles. The minimum atomic E-state index is -0.350. The van der Waals surface area contributed by atoms with Crippen LogP contribution in [0.3, 0.4) is 0 Å². The van der Waals surface area contributed by atoms with Crippen LogP contribution in [-0.2, 0) is 10.2 Å². The van der Waals surface area contributed by atoms with Crippen molar-refractivity contribution in [2.24, 2.45) is 0 Å². The molecule has 2 nitrogen and oxygen atoms in total. The van der Waals surface area contributed by atoms with Gasteiger partial charge in [0.1, 0.15) is 0 Å². The van der Waals surface area contributed by atoms with E-state index in [1.54, 1.807) is 6.07 Å². The highest BCUT2D eigenvalue weighted by Crippen LogP contribution is 2.58. The molecule has 1 saturated carbocycles. The van der Waals surface area contributed by atoms with Gasteiger partial charge in [-0.25, -0.2) is 0 Å². The van der Waals surface area contributed by atoms with Crippen molar-refractivity contribution in [3.05, 3.63) is 27.7 Å². The molecule has 72 valence electrons. The molecule has 1 aromatic rings. The van der Waals surface area contributed by atoms with Gasteiger partial charge in [0, 0.05) is 11.3 Å². The summed E-state index contributed by atoms with van der Waals surface area (Å²) in [5.74, 6) is 0.0664. The molecule has 1 N–H and O–H groups in total. The van der Waals surface area contributed by atoms with Gasteiger partial charge in [0.05, 0.1) is 15.5 Å². The fourth-order valence-corrected chi connectivity index (χ4v) is 2.58. The number of hydrogen-bond donors (Lipinski definition) is 1. The Morgan fingerprint density at radius 1 is 1.29 bits per heavy atom. The second-order valence-corrected chi connectivity index (χ2v) is 4.61. The Bertz CT molecular complexity index is 452. The molecule has 1 aliphatic carbocycles. The largest absolute Gasteiger partial charge is 0.325 e. The van der Waals surface area contributed by atoms with Crippen LogP contribution in [0.2, 0.25) is 10.0 Å². The second-order valence-electron chi connectivity index (χ2n) is 3.82. The van der Waals surface area contributed by atoms with E-state index in [1.807, 2.05) is 6.07 Å². The number of benzene rings is 1. The average Bonchev–Trinajstić information content (AvgIpc) is 2.87. The van der Waals surface area contributed by atoms with Crippen LogP contribution in [0.15, 0.2) is 12.1 Å². The van der Waals surface area contributed by atoms with Gasteiger partial charge in [0.15, 0.2) is 0 Å². The van der Waals surface area contributed by atoms with Gasteiger partial charge in [-0.05, 0) is 25.0 Å². The third-order valence-corrected chi connectivity index (χ3v) is 3.81. The number of fused-ring (bicyclic) bond motifs is 2. The van der Waals surface area contributed by atoms with Crippen LogP contribution >= 0.6 is 23.2 Å². The monoisotopic (exact) mass is 227 g/mol. The van der Waals surface area contributed by atoms with Crippen molar-refractivity contribution in [1.29, 1.82) is 0 Å². The summed E-state index contributed by atoms with van der Waals surface area (Å²) in [4.78, 5) is 11.7. The number of amides is 1. The van der Waals surface area contributed by atoms with Gasteiger partial charge in [-0.2, -0.15) is 0 Å². The molecule has 14 heavy (non-hydrogen) atoms. The molecule has 1 fully saturated rings. The van der Waals surface area contributed by atoms with E-state index in [0.29, 0.717) is 10.0 Å². The molecule has 1 amide bonds. The highest BCUT2D eigenvalue weighted by Gasteiger charge is 2.57. The van der Waals surface area contributed by atoms with Crippen molar-refractivity contribution in [2.75, 3.05) is 5.32 Å². The van der Waals surface area contributed by atoms with Gasteiger partial charge in [-0.1, -0.05) is 23.2 Å². The Morgan fingerprint density at radius 3 is 2.64 bits per heavy atom. The van der Waals surface area contributed by atoms with Crippen LogP contribution in [-0.4, -0.2) is 5.91 Å². The predicted molar refractivity (Wildman–Crippen MR) is 56.0 cm³/mol. The van der Waals surface area contributed by atoms with Gasteiger partial charge in [0.2, 0.25) is 5.91 Å². The van der Waals surface area contributed by atoms with Crippen LogP contribution in [0.25, 0.3) is 0 Å². The van der Waals surface area contributed by atoms with Crippen LogP contribution in [0.1, 0.15) is 18.4 Å². The summed E-state index contributed by atoms with van der Waals surface area (Å²) in [5, 5.41) is 3.89. The number of hydrogen-bond acceptors (Lipinski definition) is 1. The Morgan fingerprint density at radius 2 is 2.00 bits per heavy atom. The van der Waals surface area contributed by atoms with Crippen molar-refractivity contribution >= 4 is 34.8 Å². The number of halogens is 2. The van der Waals surface area contributed by atoms with Crippen molar-refractivity contribution in [3.8, 4) is 0 Å². The van der Waals surface area contributed by atoms with Crippen LogP contribution in [0.4, 0.5) is 5.69 Å². The van der Waals surface area contributed by atoms with Crippen LogP contribution in [0.5, 0.6) is 0 Å². The minimum Gasteiger partial charge on any atom is -0.325 e. The lowest BCUT2D eigenvalue weighted by atomic mass is 9.98. The fraction of sp³-hybridized carbons (Fsp3) is 0.300. The molecule has 3 rings (SSSR count). The van der Waals surface area contributed by atoms with E-state index >= 15 is 0 Å². The molecule has 0 radical (unpaired) electrons. The van der Waals surface area contributed by atoms with Crippen LogP contribution < -0.4 is 5.32 Å². The third kappa shape index (κ3) is 0.856. The molecule has 4 heteroatoms. The normalized spacial score (nSPS) is 20.9. The zero-order valence-corrected chi connectivity index (χ0v) is 8.74. The number of rotatable bonds is 0. The summed E-state index contributed by atoms with van der Waals surface area (Å²) in [5.41, 5.74) is 1.37. The number of carbonyl (C=O) groups is 1. The van der Waals surface area contributed by atoms with E-state index in [4.69, 9.17) is 23.2 Å². The first-order valence-electron chi connectivity index (χ1n) is 4.45. The number of carbonyl (C=O) groups excluding carboxylic acids is 1. The second kappa shape index (κ2) is 2.44. The summed E-state index contributed by atoms with van der Waals surface area (Å²) < 4.78 is 0. The smallest absolute Gasteiger partial charge is 0.235 e. The van der Waals surface area contributed by atoms with Gasteiger partial charge < -0.3 is 5.32 Å². The summed E-state index contributed by atoms with van der Waals surface area (Å²) in [7, 11) is 0. The van der Waals surface area contributed by atoms with Crippen molar-refractivity contribution in [1.82, 2.24) is 0 Å². The maximum absolute atomic E-state index is 11.7. The van der Waals surface area contributed by atoms with Gasteiger partial charge in [-0.15, -0.1) is 0 Å². The Hall–Kier alpha value is -0.730. The lowest BCUT2D eigenvalue weighted by molar-refractivity contribution is -0.117. The maximum Gasteiger partial charge on any atom is 0.235 e. The quantitative estimate of drug-likeness (QED) is 0.726. The van der Waals surface area contributed by atoms with Crippen molar-refractivity contribution in [3.63, 3.8) is 0 Å². The SMILES string of the molecule is O=C1Nc2ccc(Cl)c(Cl)c2C12CC2. The van der Waals surface area contributed by atoms with Gasteiger partial charge >= 0.3 is 0 Å². The zero-order valence-electron chi connectivity index (χ0n) is 7.23. The lowest BCUT2D eigenvalue weighted by Gasteiger charge is -2.07. The van der Waals surface area contributed by atoms with E-state index in [0.717, 1.165) is 24.1 Å². The van der Waals surface area contributed by atoms with E-state index in [9.17, 15) is 4.79 Å². The molecule has 1 spiro atoms. The van der Waals surface area contributed by atoms with Crippen molar-refractivity contribution in [2.45, 2.75) is 18.3 Å². The summed E-state index contributed by atoms with van der Waals surface area (Å²) in [6, 6.07) is 3.53. The first-order valence-corrected chi connectivity index (χ1v) is 5.21. The zero-order chi connectivity index (χ0) is 9.92. The maximum atomic E-state index is 11.7. The van der Waals surface area contributed by atoms with Gasteiger partial charge in [0.25, 0.3) is 0 Å². The fourth-order valence-electron chi connectivity index (χ4n) is 2.08. The number of nitrogens with one attached hydrogen (secondary N) is 1. The Labute approximate surface area is 91.2 Å². The lowest BCUT2D eigenvalue weighted by Crippen LogP contribution is -2.18. The first-order chi connectivity index (χ1) is 6.65. The van der Waals surface area contributed by atoms with E-state index in [2.05, 4.69) is 5.32 Å². The van der Waals surface area contributed by atoms with Crippen molar-refractivity contribution < 1.29 is 4.79 Å². The molecular weight excluding hydrogens is 221 g/mol. The summed E-state index contributed by atoms with van der Waals surface area (Å²) in [6.45, 7) is 0. The van der Waals surface area contributed by atoms with Crippen LogP contribution in [0, 0.1) is 0 Å². The first kappa shape index (κ1) is 8.57.